The van der Waals surface area contributed by atoms with Crippen LogP contribution in [0.25, 0.3) is 0 Å². The average Bonchev–Trinajstić information content (AvgIpc) is 2.03. The normalized spacial score (nSPS) is 13.1. The lowest BCUT2D eigenvalue weighted by molar-refractivity contribution is -0.152. The van der Waals surface area contributed by atoms with E-state index >= 15 is 0 Å². The summed E-state index contributed by atoms with van der Waals surface area (Å²) in [5, 5.41) is 25.4. The summed E-state index contributed by atoms with van der Waals surface area (Å²) in [5.74, 6) is -2.60. The molecular formula is C5H8NO6P. The lowest BCUT2D eigenvalue weighted by Crippen LogP contribution is -2.33. The summed E-state index contributed by atoms with van der Waals surface area (Å²) in [6.07, 6.45) is -0.722. The third kappa shape index (κ3) is 4.51. The van der Waals surface area contributed by atoms with Crippen LogP contribution >= 0.6 is 8.61 Å². The van der Waals surface area contributed by atoms with Gasteiger partial charge in [0.15, 0.2) is 0 Å². The van der Waals surface area contributed by atoms with E-state index in [9.17, 15) is 14.2 Å². The minimum atomic E-state index is -1.46. The van der Waals surface area contributed by atoms with Gasteiger partial charge in [-0.2, -0.15) is 0 Å². The van der Waals surface area contributed by atoms with Crippen molar-refractivity contribution >= 4 is 20.5 Å². The van der Waals surface area contributed by atoms with Gasteiger partial charge in [0.2, 0.25) is 0 Å². The van der Waals surface area contributed by atoms with Crippen molar-refractivity contribution < 1.29 is 29.6 Å². The molecule has 0 radical (unpaired) electrons. The maximum Gasteiger partial charge on any atom is 0.324 e. The molecule has 1 unspecified atom stereocenters. The molecule has 0 amide bonds. The molecule has 0 saturated carbocycles. The largest absolute Gasteiger partial charge is 0.481 e. The standard InChI is InChI=1S/C5H8NO6P/c7-4(8)2-1-3(5(9)10)6(11)13-12/h3,11H,1-2H2,(H,7,8)(H,9,10). The van der Waals surface area contributed by atoms with E-state index in [2.05, 4.69) is 0 Å². The highest BCUT2D eigenvalue weighted by atomic mass is 31.1. The third-order valence-corrected chi connectivity index (χ3v) is 1.73. The lowest BCUT2D eigenvalue weighted by Gasteiger charge is -2.13. The summed E-state index contributed by atoms with van der Waals surface area (Å²) >= 11 is 0. The Bertz CT molecular complexity index is 219. The maximum atomic E-state index is 10.4. The van der Waals surface area contributed by atoms with Crippen LogP contribution in [-0.2, 0) is 14.2 Å². The maximum absolute atomic E-state index is 10.4. The Kier molecular flexibility index (Phi) is 5.13. The van der Waals surface area contributed by atoms with Crippen molar-refractivity contribution in [2.24, 2.45) is 0 Å². The van der Waals surface area contributed by atoms with Gasteiger partial charge >= 0.3 is 11.9 Å². The second kappa shape index (κ2) is 5.58. The Balaban J connectivity index is 4.18. The molecular weight excluding hydrogens is 201 g/mol. The molecule has 0 aromatic carbocycles. The Morgan fingerprint density at radius 3 is 2.23 bits per heavy atom. The van der Waals surface area contributed by atoms with Crippen LogP contribution in [0.15, 0.2) is 0 Å². The number of hydrogen-bond donors (Lipinski definition) is 3. The minimum absolute atomic E-state index is 0.0330. The Labute approximate surface area is 74.8 Å². The quantitative estimate of drug-likeness (QED) is 0.422. The SMILES string of the molecule is O=PN(O)C(CCC(=O)O)C(=O)O. The molecule has 7 nitrogen and oxygen atoms in total. The van der Waals surface area contributed by atoms with Crippen molar-refractivity contribution in [3.63, 3.8) is 0 Å². The second-order valence-corrected chi connectivity index (χ2v) is 2.76. The predicted molar refractivity (Wildman–Crippen MR) is 39.5 cm³/mol. The van der Waals surface area contributed by atoms with E-state index in [0.717, 1.165) is 0 Å². The molecule has 1 atom stereocenters. The van der Waals surface area contributed by atoms with E-state index < -0.39 is 33.0 Å². The summed E-state index contributed by atoms with van der Waals surface area (Å²) in [4.78, 5) is 20.5. The highest BCUT2D eigenvalue weighted by molar-refractivity contribution is 7.20. The highest BCUT2D eigenvalue weighted by Gasteiger charge is 2.25. The zero-order valence-electron chi connectivity index (χ0n) is 6.45. The van der Waals surface area contributed by atoms with Crippen molar-refractivity contribution in [3.8, 4) is 0 Å². The molecule has 0 aliphatic rings. The molecule has 8 heteroatoms. The number of nitrogens with zero attached hydrogens (tertiary/aromatic N) is 1. The Hall–Kier alpha value is -1.04. The van der Waals surface area contributed by atoms with Gasteiger partial charge in [-0.1, -0.05) is 4.83 Å². The molecule has 0 fully saturated rings. The van der Waals surface area contributed by atoms with Crippen LogP contribution in [0, 0.1) is 0 Å². The third-order valence-electron chi connectivity index (χ3n) is 1.28. The molecule has 3 N–H and O–H groups in total. The summed E-state index contributed by atoms with van der Waals surface area (Å²) in [6, 6.07) is -1.46. The summed E-state index contributed by atoms with van der Waals surface area (Å²) in [5.41, 5.74) is 0. The Morgan fingerprint density at radius 2 is 1.92 bits per heavy atom. The van der Waals surface area contributed by atoms with Crippen LogP contribution in [0.3, 0.4) is 0 Å². The van der Waals surface area contributed by atoms with Crippen LogP contribution in [0.5, 0.6) is 0 Å². The summed E-state index contributed by atoms with van der Waals surface area (Å²) < 4.78 is 10.1. The minimum Gasteiger partial charge on any atom is -0.481 e. The van der Waals surface area contributed by atoms with E-state index in [0.29, 0.717) is 0 Å². The second-order valence-electron chi connectivity index (χ2n) is 2.19. The first-order valence-electron chi connectivity index (χ1n) is 3.25. The molecule has 74 valence electrons. The number of aliphatic carboxylic acids is 2. The molecule has 13 heavy (non-hydrogen) atoms. The van der Waals surface area contributed by atoms with Gasteiger partial charge < -0.3 is 15.4 Å². The van der Waals surface area contributed by atoms with Gasteiger partial charge in [-0.05, 0) is 6.42 Å². The number of rotatable bonds is 6. The molecule has 0 rings (SSSR count). The fourth-order valence-corrected chi connectivity index (χ4v) is 0.983. The van der Waals surface area contributed by atoms with E-state index in [4.69, 9.17) is 15.4 Å². The van der Waals surface area contributed by atoms with Gasteiger partial charge in [-0.3, -0.25) is 14.2 Å². The molecule has 0 heterocycles. The first-order valence-corrected chi connectivity index (χ1v) is 4.01. The fraction of sp³-hybridized carbons (Fsp3) is 0.600. The van der Waals surface area contributed by atoms with Crippen molar-refractivity contribution in [1.29, 1.82) is 0 Å². The first kappa shape index (κ1) is 12.0. The molecule has 0 aliphatic heterocycles. The first-order chi connectivity index (χ1) is 5.99. The van der Waals surface area contributed by atoms with Crippen molar-refractivity contribution in [1.82, 2.24) is 4.83 Å². The number of carboxylic acids is 2. The van der Waals surface area contributed by atoms with E-state index in [1.807, 2.05) is 0 Å². The molecule has 0 aromatic rings. The van der Waals surface area contributed by atoms with E-state index in [1.165, 1.54) is 0 Å². The van der Waals surface area contributed by atoms with Crippen molar-refractivity contribution in [2.75, 3.05) is 0 Å². The smallest absolute Gasteiger partial charge is 0.324 e. The van der Waals surface area contributed by atoms with Crippen LogP contribution in [0.1, 0.15) is 12.8 Å². The van der Waals surface area contributed by atoms with Gasteiger partial charge in [0.05, 0.1) is 0 Å². The Morgan fingerprint density at radius 1 is 1.38 bits per heavy atom. The van der Waals surface area contributed by atoms with E-state index in [1.54, 1.807) is 0 Å². The average molecular weight is 209 g/mol. The molecule has 0 aromatic heterocycles. The summed E-state index contributed by atoms with van der Waals surface area (Å²) in [6.45, 7) is 0. The summed E-state index contributed by atoms with van der Waals surface area (Å²) in [7, 11) is -0.874. The highest BCUT2D eigenvalue weighted by Crippen LogP contribution is 2.12. The van der Waals surface area contributed by atoms with Crippen LogP contribution in [0.4, 0.5) is 0 Å². The molecule has 0 bridgehead atoms. The van der Waals surface area contributed by atoms with Gasteiger partial charge in [-0.25, -0.2) is 0 Å². The zero-order valence-corrected chi connectivity index (χ0v) is 7.35. The van der Waals surface area contributed by atoms with Gasteiger partial charge in [0.25, 0.3) is 8.61 Å². The number of carboxylic acid groups (broad SMARTS) is 2. The number of hydroxylamine groups is 1. The molecule has 0 saturated heterocycles. The van der Waals surface area contributed by atoms with Gasteiger partial charge in [0.1, 0.15) is 6.04 Å². The lowest BCUT2D eigenvalue weighted by atomic mass is 10.2. The number of carbonyl (C=O) groups is 2. The van der Waals surface area contributed by atoms with Crippen molar-refractivity contribution in [3.05, 3.63) is 0 Å². The topological polar surface area (TPSA) is 115 Å². The van der Waals surface area contributed by atoms with Crippen LogP contribution in [0.2, 0.25) is 0 Å². The monoisotopic (exact) mass is 209 g/mol. The number of hydrogen-bond acceptors (Lipinski definition) is 4. The molecule has 0 aliphatic carbocycles. The molecule has 0 spiro atoms. The van der Waals surface area contributed by atoms with Crippen molar-refractivity contribution in [2.45, 2.75) is 18.9 Å². The van der Waals surface area contributed by atoms with Crippen LogP contribution in [-0.4, -0.2) is 38.2 Å². The zero-order chi connectivity index (χ0) is 10.4. The predicted octanol–water partition coefficient (Wildman–Crippen LogP) is 0.202. The van der Waals surface area contributed by atoms with E-state index in [-0.39, 0.29) is 11.3 Å². The van der Waals surface area contributed by atoms with Gasteiger partial charge in [0, 0.05) is 6.42 Å². The van der Waals surface area contributed by atoms with Crippen LogP contribution < -0.4 is 0 Å². The van der Waals surface area contributed by atoms with Gasteiger partial charge in [-0.15, -0.1) is 0 Å². The fourth-order valence-electron chi connectivity index (χ4n) is 0.655.